The minimum absolute atomic E-state index is 0.0736. The number of rotatable bonds is 10. The lowest BCUT2D eigenvalue weighted by atomic mass is 9.90. The normalized spacial score (nSPS) is 19.2. The van der Waals surface area contributed by atoms with Gasteiger partial charge in [0.1, 0.15) is 17.5 Å². The van der Waals surface area contributed by atoms with Crippen LogP contribution < -0.4 is 27.1 Å². The van der Waals surface area contributed by atoms with Gasteiger partial charge in [0.2, 0.25) is 0 Å². The minimum atomic E-state index is -0.686. The number of nitrogen functional groups attached to an aromatic ring is 1. The second-order valence-electron chi connectivity index (χ2n) is 14.7. The van der Waals surface area contributed by atoms with Crippen molar-refractivity contribution in [2.75, 3.05) is 69.0 Å². The third kappa shape index (κ3) is 8.39. The fourth-order valence-electron chi connectivity index (χ4n) is 6.92. The standard InChI is InChI=1S/C39H50F2N8O3/c1-24-34(22-49(46-24)39(2,3)23-50)32-21-35(42)33(18-26(32)15-25-16-27(40)19-28(41)17-25)37(43)45-38(51)31-6-5-30(48-11-9-47(4)10-12-48)20-36(31)44-29-7-13-52-14-8-29/h5-6,16-22,24,29,44,46,50H,7-15,23,42H2,1-4H3,(H2,43,45,51). The molecule has 1 atom stereocenters. The van der Waals surface area contributed by atoms with Crippen molar-refractivity contribution in [1.29, 1.82) is 0 Å². The number of piperazine rings is 1. The van der Waals surface area contributed by atoms with E-state index < -0.39 is 23.1 Å². The monoisotopic (exact) mass is 716 g/mol. The summed E-state index contributed by atoms with van der Waals surface area (Å²) in [6.45, 7) is 10.6. The van der Waals surface area contributed by atoms with Crippen LogP contribution in [0.3, 0.4) is 0 Å². The number of likely N-dealkylation sites (N-methyl/N-ethyl adjacent to an activating group) is 1. The number of carbonyl (C=O) groups is 1. The van der Waals surface area contributed by atoms with Crippen LogP contribution in [-0.4, -0.2) is 97.4 Å². The number of hydrogen-bond acceptors (Lipinski definition) is 9. The van der Waals surface area contributed by atoms with Crippen molar-refractivity contribution in [3.63, 3.8) is 0 Å². The summed E-state index contributed by atoms with van der Waals surface area (Å²) in [7, 11) is 2.11. The molecule has 1 unspecified atom stereocenters. The Kier molecular flexibility index (Phi) is 11.2. The Morgan fingerprint density at radius 3 is 2.40 bits per heavy atom. The third-order valence-electron chi connectivity index (χ3n) is 10.2. The van der Waals surface area contributed by atoms with E-state index in [1.54, 1.807) is 18.2 Å². The zero-order chi connectivity index (χ0) is 37.2. The molecule has 2 saturated heterocycles. The molecule has 6 rings (SSSR count). The van der Waals surface area contributed by atoms with Gasteiger partial charge in [-0.2, -0.15) is 4.99 Å². The summed E-state index contributed by atoms with van der Waals surface area (Å²) < 4.78 is 34.2. The molecule has 3 aromatic carbocycles. The largest absolute Gasteiger partial charge is 0.398 e. The number of hydrazine groups is 1. The molecule has 7 N–H and O–H groups in total. The Bertz CT molecular complexity index is 1830. The Morgan fingerprint density at radius 1 is 1.04 bits per heavy atom. The van der Waals surface area contributed by atoms with Gasteiger partial charge in [0.05, 0.1) is 23.8 Å². The lowest BCUT2D eigenvalue weighted by molar-refractivity contribution is 0.0622. The highest BCUT2D eigenvalue weighted by Gasteiger charge is 2.32. The van der Waals surface area contributed by atoms with E-state index in [0.29, 0.717) is 41.2 Å². The summed E-state index contributed by atoms with van der Waals surface area (Å²) in [5.41, 5.74) is 21.4. The number of nitrogens with zero attached hydrogens (tertiary/aromatic N) is 4. The molecule has 3 aromatic rings. The van der Waals surface area contributed by atoms with Crippen LogP contribution in [0.15, 0.2) is 59.7 Å². The number of nitrogens with two attached hydrogens (primary N) is 2. The van der Waals surface area contributed by atoms with Crippen molar-refractivity contribution in [2.24, 2.45) is 10.7 Å². The summed E-state index contributed by atoms with van der Waals surface area (Å²) in [6, 6.07) is 12.6. The predicted molar refractivity (Wildman–Crippen MR) is 202 cm³/mol. The van der Waals surface area contributed by atoms with Gasteiger partial charge in [0.15, 0.2) is 0 Å². The summed E-state index contributed by atoms with van der Waals surface area (Å²) in [4.78, 5) is 22.9. The number of aliphatic imine (C=N–C) groups is 1. The molecule has 0 saturated carbocycles. The van der Waals surface area contributed by atoms with Crippen molar-refractivity contribution in [3.8, 4) is 0 Å². The number of hydrogen-bond donors (Lipinski definition) is 5. The molecule has 0 aliphatic carbocycles. The molecular formula is C39H50F2N8O3. The van der Waals surface area contributed by atoms with E-state index in [2.05, 4.69) is 32.6 Å². The SMILES string of the molecule is CC1NN(C(C)(C)CO)C=C1c1cc(N)c(C(N)=NC(=O)c2ccc(N3CCN(C)CC3)cc2NC2CCOCC2)cc1Cc1cc(F)cc(F)c1. The number of aliphatic hydroxyl groups excluding tert-OH is 1. The molecule has 0 radical (unpaired) electrons. The molecule has 3 aliphatic heterocycles. The maximum Gasteiger partial charge on any atom is 0.281 e. The first-order chi connectivity index (χ1) is 24.8. The third-order valence-corrected chi connectivity index (χ3v) is 10.2. The number of anilines is 3. The van der Waals surface area contributed by atoms with Crippen molar-refractivity contribution < 1.29 is 23.4 Å². The van der Waals surface area contributed by atoms with E-state index in [4.69, 9.17) is 16.2 Å². The molecule has 3 aliphatic rings. The van der Waals surface area contributed by atoms with Crippen molar-refractivity contribution >= 4 is 34.4 Å². The first-order valence-electron chi connectivity index (χ1n) is 17.9. The first kappa shape index (κ1) is 37.2. The predicted octanol–water partition coefficient (Wildman–Crippen LogP) is 4.35. The van der Waals surface area contributed by atoms with Crippen molar-refractivity contribution in [3.05, 3.63) is 94.2 Å². The molecule has 3 heterocycles. The number of ether oxygens (including phenoxy) is 1. The lowest BCUT2D eigenvalue weighted by Crippen LogP contribution is -2.50. The average molecular weight is 717 g/mol. The average Bonchev–Trinajstić information content (AvgIpc) is 3.51. The highest BCUT2D eigenvalue weighted by atomic mass is 19.1. The van der Waals surface area contributed by atoms with Crippen LogP contribution in [0.5, 0.6) is 0 Å². The van der Waals surface area contributed by atoms with Gasteiger partial charge < -0.3 is 41.4 Å². The molecule has 0 spiro atoms. The van der Waals surface area contributed by atoms with Gasteiger partial charge in [-0.1, -0.05) is 0 Å². The lowest BCUT2D eigenvalue weighted by Gasteiger charge is -2.34. The summed E-state index contributed by atoms with van der Waals surface area (Å²) in [5, 5.41) is 15.4. The fraction of sp³-hybridized carbons (Fsp3) is 0.436. The number of halogens is 2. The smallest absolute Gasteiger partial charge is 0.281 e. The molecule has 11 nitrogen and oxygen atoms in total. The molecule has 0 aromatic heterocycles. The Morgan fingerprint density at radius 2 is 1.73 bits per heavy atom. The van der Waals surface area contributed by atoms with Gasteiger partial charge in [-0.05, 0) is 112 Å². The van der Waals surface area contributed by atoms with E-state index in [1.165, 1.54) is 12.1 Å². The minimum Gasteiger partial charge on any atom is -0.398 e. The van der Waals surface area contributed by atoms with Gasteiger partial charge in [0, 0.05) is 80.3 Å². The molecule has 13 heteroatoms. The zero-order valence-corrected chi connectivity index (χ0v) is 30.4. The van der Waals surface area contributed by atoms with Crippen molar-refractivity contribution in [2.45, 2.75) is 57.7 Å². The number of benzene rings is 3. The van der Waals surface area contributed by atoms with Gasteiger partial charge in [-0.25, -0.2) is 14.2 Å². The molecule has 52 heavy (non-hydrogen) atoms. The molecular weight excluding hydrogens is 666 g/mol. The van der Waals surface area contributed by atoms with Gasteiger partial charge in [-0.3, -0.25) is 4.79 Å². The van der Waals surface area contributed by atoms with Crippen LogP contribution in [0.1, 0.15) is 66.2 Å². The number of nitrogens with one attached hydrogen (secondary N) is 2. The van der Waals surface area contributed by atoms with Gasteiger partial charge >= 0.3 is 0 Å². The number of carbonyl (C=O) groups excluding carboxylic acids is 1. The van der Waals surface area contributed by atoms with Gasteiger partial charge in [-0.15, -0.1) is 0 Å². The van der Waals surface area contributed by atoms with E-state index in [-0.39, 0.29) is 36.6 Å². The van der Waals surface area contributed by atoms with Crippen molar-refractivity contribution in [1.82, 2.24) is 15.3 Å². The van der Waals surface area contributed by atoms with Crippen LogP contribution in [0.25, 0.3) is 5.57 Å². The Hall–Kier alpha value is -4.56. The molecule has 2 fully saturated rings. The number of aliphatic hydroxyl groups is 1. The van der Waals surface area contributed by atoms with Crippen LogP contribution in [0.4, 0.5) is 25.8 Å². The molecule has 1 amide bonds. The Balaban J connectivity index is 1.37. The fourth-order valence-corrected chi connectivity index (χ4v) is 6.92. The zero-order valence-electron chi connectivity index (χ0n) is 30.4. The van der Waals surface area contributed by atoms with E-state index >= 15 is 0 Å². The quantitative estimate of drug-likeness (QED) is 0.117. The highest BCUT2D eigenvalue weighted by Crippen LogP contribution is 2.34. The maximum absolute atomic E-state index is 14.3. The first-order valence-corrected chi connectivity index (χ1v) is 17.9. The Labute approximate surface area is 304 Å². The maximum atomic E-state index is 14.3. The van der Waals surface area contributed by atoms with Crippen LogP contribution >= 0.6 is 0 Å². The van der Waals surface area contributed by atoms with E-state index in [1.807, 2.05) is 44.1 Å². The second-order valence-corrected chi connectivity index (χ2v) is 14.7. The summed E-state index contributed by atoms with van der Waals surface area (Å²) in [6.07, 6.45) is 3.70. The van der Waals surface area contributed by atoms with Crippen LogP contribution in [0.2, 0.25) is 0 Å². The van der Waals surface area contributed by atoms with Crippen LogP contribution in [0, 0.1) is 11.6 Å². The molecule has 278 valence electrons. The van der Waals surface area contributed by atoms with Crippen LogP contribution in [-0.2, 0) is 11.2 Å². The van der Waals surface area contributed by atoms with Gasteiger partial charge in [0.25, 0.3) is 5.91 Å². The van der Waals surface area contributed by atoms with E-state index in [0.717, 1.165) is 61.9 Å². The number of amidine groups is 1. The number of amides is 1. The van der Waals surface area contributed by atoms with E-state index in [9.17, 15) is 18.7 Å². The summed E-state index contributed by atoms with van der Waals surface area (Å²) >= 11 is 0. The highest BCUT2D eigenvalue weighted by molar-refractivity contribution is 6.13. The second kappa shape index (κ2) is 15.6. The molecule has 0 bridgehead atoms. The topological polar surface area (TPSA) is 145 Å². The summed E-state index contributed by atoms with van der Waals surface area (Å²) in [5.74, 6) is -1.97.